The van der Waals surface area contributed by atoms with Gasteiger partial charge in [-0.05, 0) is 52.1 Å². The number of ether oxygens (including phenoxy) is 1. The van der Waals surface area contributed by atoms with Gasteiger partial charge < -0.3 is 34.9 Å². The van der Waals surface area contributed by atoms with Crippen molar-refractivity contribution in [2.24, 2.45) is 17.8 Å². The maximum Gasteiger partial charge on any atom is 0.407 e. The largest absolute Gasteiger partial charge is 0.453 e. The van der Waals surface area contributed by atoms with Gasteiger partial charge in [0.2, 0.25) is 11.8 Å². The Hall–Kier alpha value is -5.41. The Kier molecular flexibility index (Phi) is 11.8. The molecule has 7 rings (SSSR count). The average Bonchev–Trinajstić information content (AvgIpc) is 4.02. The van der Waals surface area contributed by atoms with E-state index >= 15 is 0 Å². The molecule has 2 aromatic heterocycles. The van der Waals surface area contributed by atoms with Crippen molar-refractivity contribution in [3.8, 4) is 22.4 Å². The Morgan fingerprint density at radius 1 is 0.915 bits per heavy atom. The number of aromatic nitrogens is 4. The number of imidazole rings is 2. The van der Waals surface area contributed by atoms with Gasteiger partial charge in [-0.25, -0.2) is 19.2 Å². The number of aliphatic hydroxyl groups excluding tert-OH is 1. The summed E-state index contributed by atoms with van der Waals surface area (Å²) in [5, 5.41) is 14.1. The van der Waals surface area contributed by atoms with Crippen LogP contribution in [0.3, 0.4) is 0 Å². The zero-order valence-electron chi connectivity index (χ0n) is 34.7. The summed E-state index contributed by atoms with van der Waals surface area (Å²) in [5.74, 6) is -0.308. The van der Waals surface area contributed by atoms with Crippen LogP contribution in [0.1, 0.15) is 64.3 Å². The van der Waals surface area contributed by atoms with Gasteiger partial charge in [0.1, 0.15) is 30.5 Å². The number of halogens is 1. The minimum Gasteiger partial charge on any atom is -0.453 e. The van der Waals surface area contributed by atoms with Gasteiger partial charge in [-0.1, -0.05) is 83.3 Å². The molecule has 2 unspecified atom stereocenters. The van der Waals surface area contributed by atoms with Crippen molar-refractivity contribution in [3.05, 3.63) is 72.4 Å². The molecule has 15 heteroatoms. The molecule has 13 nitrogen and oxygen atoms in total. The van der Waals surface area contributed by atoms with Gasteiger partial charge in [0.05, 0.1) is 56.7 Å². The lowest BCUT2D eigenvalue weighted by Gasteiger charge is -2.30. The van der Waals surface area contributed by atoms with E-state index in [0.717, 1.165) is 56.1 Å². The van der Waals surface area contributed by atoms with Gasteiger partial charge in [0.25, 0.3) is 0 Å². The first-order valence-electron chi connectivity index (χ1n) is 20.4. The molecule has 0 radical (unpaired) electrons. The third kappa shape index (κ3) is 8.53. The summed E-state index contributed by atoms with van der Waals surface area (Å²) in [6, 6.07) is 17.6. The molecule has 3 amide bonds. The van der Waals surface area contributed by atoms with E-state index in [-0.39, 0.29) is 54.9 Å². The molecule has 2 fully saturated rings. The van der Waals surface area contributed by atoms with Crippen LogP contribution in [0.15, 0.2) is 60.8 Å². The van der Waals surface area contributed by atoms with Gasteiger partial charge in [-0.2, -0.15) is 0 Å². The first kappa shape index (κ1) is 41.7. The lowest BCUT2D eigenvalue weighted by Crippen LogP contribution is -2.51. The van der Waals surface area contributed by atoms with Crippen LogP contribution < -0.4 is 5.32 Å². The maximum atomic E-state index is 14.8. The van der Waals surface area contributed by atoms with Crippen LogP contribution in [0.4, 0.5) is 9.18 Å². The van der Waals surface area contributed by atoms with E-state index in [4.69, 9.17) is 9.72 Å². The van der Waals surface area contributed by atoms with Crippen molar-refractivity contribution in [1.82, 2.24) is 35.1 Å². The van der Waals surface area contributed by atoms with Crippen molar-refractivity contribution in [2.75, 3.05) is 26.4 Å². The van der Waals surface area contributed by atoms with E-state index in [1.54, 1.807) is 6.20 Å². The third-order valence-electron chi connectivity index (χ3n) is 11.9. The van der Waals surface area contributed by atoms with Crippen LogP contribution in [-0.4, -0.2) is 105 Å². The quantitative estimate of drug-likeness (QED) is 0.0963. The van der Waals surface area contributed by atoms with Crippen LogP contribution in [0, 0.1) is 17.8 Å². The minimum atomic E-state index is -1.78. The highest BCUT2D eigenvalue weighted by Gasteiger charge is 2.46. The summed E-state index contributed by atoms with van der Waals surface area (Å²) in [5.41, 5.74) is 5.38. The molecular weight excluding hydrogens is 770 g/mol. The molecule has 5 aromatic rings. The Balaban J connectivity index is 1.10. The second-order valence-corrected chi connectivity index (χ2v) is 22.6. The van der Waals surface area contributed by atoms with Gasteiger partial charge in [0, 0.05) is 30.3 Å². The number of likely N-dealkylation sites (tertiary alicyclic amines) is 1. The van der Waals surface area contributed by atoms with Crippen molar-refractivity contribution < 1.29 is 33.4 Å². The number of hydrogen-bond acceptors (Lipinski definition) is 8. The molecular formula is C44H54FN7O6Si. The molecule has 2 aliphatic heterocycles. The number of aromatic amines is 2. The fourth-order valence-electron chi connectivity index (χ4n) is 8.70. The summed E-state index contributed by atoms with van der Waals surface area (Å²) in [6.45, 7) is 11.4. The predicted octanol–water partition coefficient (Wildman–Crippen LogP) is 7.12. The minimum absolute atomic E-state index is 0.0294. The summed E-state index contributed by atoms with van der Waals surface area (Å²) in [6.07, 6.45) is 0.559. The van der Waals surface area contributed by atoms with Crippen molar-refractivity contribution in [1.29, 1.82) is 0 Å². The van der Waals surface area contributed by atoms with E-state index in [0.29, 0.717) is 12.0 Å². The van der Waals surface area contributed by atoms with Crippen LogP contribution in [0.2, 0.25) is 19.1 Å². The highest BCUT2D eigenvalue weighted by atomic mass is 28.3. The molecule has 0 aliphatic carbocycles. The number of H-pyrrole nitrogens is 2. The molecule has 312 valence electrons. The molecule has 59 heavy (non-hydrogen) atoms. The Morgan fingerprint density at radius 2 is 1.63 bits per heavy atom. The molecule has 2 aliphatic rings. The standard InChI is InChI=1S/C44H54FN7O6Si/c1-24(2)33(18-31(54)21-53)42(55)52-23-59(6,7)22-37(52)41-47-34-15-13-29-16-28(12-14-32(29)39(34)49-41)26-8-10-27(11-9-26)35-19-46-40(48-35)36-17-30(45)20-51(36)43(56)38(25(3)4)50-44(57)58-5/h8-16,19,24-25,30,33,36-38,53H,17-18,20-23H2,1-7H3,(H,46,48)(H,47,49)(H,50,57)/t30?,33-,36?,37-,38-/m0/s1. The molecule has 0 bridgehead atoms. The van der Waals surface area contributed by atoms with E-state index in [2.05, 4.69) is 57.6 Å². The second kappa shape index (κ2) is 16.7. The topological polar surface area (TPSA) is 174 Å². The zero-order chi connectivity index (χ0) is 42.3. The molecule has 0 spiro atoms. The Bertz CT molecular complexity index is 2380. The van der Waals surface area contributed by atoms with E-state index < -0.39 is 44.9 Å². The van der Waals surface area contributed by atoms with Crippen molar-refractivity contribution in [2.45, 2.75) is 84.0 Å². The van der Waals surface area contributed by atoms with Crippen molar-refractivity contribution >= 4 is 53.6 Å². The van der Waals surface area contributed by atoms with E-state index in [1.807, 2.05) is 62.9 Å². The summed E-state index contributed by atoms with van der Waals surface area (Å²) >= 11 is 0. The number of carbonyl (C=O) groups excluding carboxylic acids is 4. The third-order valence-corrected chi connectivity index (χ3v) is 14.6. The maximum absolute atomic E-state index is 14.8. The monoisotopic (exact) mass is 823 g/mol. The number of aliphatic hydroxyl groups is 1. The average molecular weight is 824 g/mol. The number of benzene rings is 3. The number of alkyl halides is 1. The number of hydrogen-bond donors (Lipinski definition) is 4. The zero-order valence-corrected chi connectivity index (χ0v) is 35.7. The highest BCUT2D eigenvalue weighted by Crippen LogP contribution is 2.41. The van der Waals surface area contributed by atoms with Gasteiger partial charge >= 0.3 is 6.09 Å². The van der Waals surface area contributed by atoms with Crippen LogP contribution in [-0.2, 0) is 19.1 Å². The Morgan fingerprint density at radius 3 is 2.31 bits per heavy atom. The predicted molar refractivity (Wildman–Crippen MR) is 227 cm³/mol. The number of rotatable bonds is 12. The smallest absolute Gasteiger partial charge is 0.407 e. The number of nitrogens with zero attached hydrogens (tertiary/aromatic N) is 4. The number of methoxy groups -OCH3 is 1. The Labute approximate surface area is 344 Å². The fraction of sp³-hybridized carbons (Fsp3) is 0.455. The van der Waals surface area contributed by atoms with Gasteiger partial charge in [-0.15, -0.1) is 0 Å². The highest BCUT2D eigenvalue weighted by molar-refractivity contribution is 6.78. The van der Waals surface area contributed by atoms with Gasteiger partial charge in [0.15, 0.2) is 5.78 Å². The number of alkyl carbamates (subject to hydrolysis) is 1. The molecule has 4 N–H and O–H groups in total. The summed E-state index contributed by atoms with van der Waals surface area (Å²) in [7, 11) is -0.547. The SMILES string of the molecule is COC(=O)N[C@H](C(=O)N1CC(F)CC1c1ncc(-c2ccc(-c3ccc4c(ccc5nc([C@@H]6C[Si](C)(C)CN6C(=O)[C@@H](CC(=O)CO)C(C)C)[nH]c54)c3)cc2)[nH]1)C(C)C. The first-order valence-corrected chi connectivity index (χ1v) is 23.8. The lowest BCUT2D eigenvalue weighted by molar-refractivity contribution is -0.140. The summed E-state index contributed by atoms with van der Waals surface area (Å²) in [4.78, 5) is 71.7. The number of fused-ring (bicyclic) bond motifs is 3. The number of amides is 3. The number of ketones is 1. The van der Waals surface area contributed by atoms with E-state index in [1.165, 1.54) is 12.0 Å². The molecule has 0 saturated carbocycles. The van der Waals surface area contributed by atoms with Crippen LogP contribution in [0.5, 0.6) is 0 Å². The normalized spacial score (nSPS) is 20.2. The molecule has 5 atom stereocenters. The van der Waals surface area contributed by atoms with E-state index in [9.17, 15) is 28.7 Å². The van der Waals surface area contributed by atoms with Crippen LogP contribution in [0.25, 0.3) is 44.2 Å². The fourth-order valence-corrected chi connectivity index (χ4v) is 11.6. The van der Waals surface area contributed by atoms with Crippen LogP contribution >= 0.6 is 0 Å². The molecule has 3 aromatic carbocycles. The number of Topliss-reactive ketones (excluding diaryl/α,β-unsaturated/α-hetero) is 1. The number of carbonyl (C=O) groups is 4. The lowest BCUT2D eigenvalue weighted by atomic mass is 9.89. The molecule has 2 saturated heterocycles. The first-order chi connectivity index (χ1) is 28.1. The van der Waals surface area contributed by atoms with Gasteiger partial charge in [-0.3, -0.25) is 14.4 Å². The van der Waals surface area contributed by atoms with Crippen molar-refractivity contribution in [3.63, 3.8) is 0 Å². The second-order valence-electron chi connectivity index (χ2n) is 17.6. The summed E-state index contributed by atoms with van der Waals surface area (Å²) < 4.78 is 19.5. The number of nitrogens with one attached hydrogen (secondary N) is 3. The molecule has 4 heterocycles.